The van der Waals surface area contributed by atoms with Crippen LogP contribution >= 0.6 is 15.9 Å². The van der Waals surface area contributed by atoms with Crippen LogP contribution in [-0.2, 0) is 6.42 Å². The molecule has 2 heterocycles. The molecule has 90 valence electrons. The normalized spacial score (nSPS) is 10.7. The molecule has 0 aliphatic carbocycles. The highest BCUT2D eigenvalue weighted by molar-refractivity contribution is 9.10. The number of hydrogen-bond acceptors (Lipinski definition) is 5. The molecule has 0 saturated carbocycles. The first-order chi connectivity index (χ1) is 8.29. The van der Waals surface area contributed by atoms with E-state index < -0.39 is 0 Å². The van der Waals surface area contributed by atoms with Gasteiger partial charge in [0.25, 0.3) is 0 Å². The maximum atomic E-state index is 5.14. The van der Waals surface area contributed by atoms with E-state index in [9.17, 15) is 0 Å². The van der Waals surface area contributed by atoms with Gasteiger partial charge in [-0.25, -0.2) is 0 Å². The third-order valence-corrected chi connectivity index (χ3v) is 2.66. The van der Waals surface area contributed by atoms with Crippen LogP contribution in [0.5, 0.6) is 0 Å². The van der Waals surface area contributed by atoms with E-state index in [0.717, 1.165) is 24.0 Å². The Bertz CT molecular complexity index is 469. The molecule has 2 aromatic heterocycles. The van der Waals surface area contributed by atoms with Crippen LogP contribution < -0.4 is 5.32 Å². The summed E-state index contributed by atoms with van der Waals surface area (Å²) < 4.78 is 6.07. The van der Waals surface area contributed by atoms with Gasteiger partial charge >= 0.3 is 0 Å². The zero-order valence-electron chi connectivity index (χ0n) is 9.48. The zero-order valence-corrected chi connectivity index (χ0v) is 11.1. The summed E-state index contributed by atoms with van der Waals surface area (Å²) in [5, 5.41) is 7.11. The van der Waals surface area contributed by atoms with Gasteiger partial charge < -0.3 is 9.84 Å². The Hall–Kier alpha value is -1.27. The highest BCUT2D eigenvalue weighted by Crippen LogP contribution is 2.15. The third-order valence-electron chi connectivity index (χ3n) is 2.19. The molecule has 0 bridgehead atoms. The van der Waals surface area contributed by atoms with Crippen LogP contribution in [0.15, 0.2) is 27.3 Å². The first-order valence-electron chi connectivity index (χ1n) is 5.45. The molecular weight excluding hydrogens is 284 g/mol. The summed E-state index contributed by atoms with van der Waals surface area (Å²) in [6, 6.07) is 3.75. The van der Waals surface area contributed by atoms with Crippen LogP contribution in [0.3, 0.4) is 0 Å². The van der Waals surface area contributed by atoms with Gasteiger partial charge in [-0.1, -0.05) is 12.1 Å². The molecule has 0 atom stereocenters. The molecule has 0 radical (unpaired) electrons. The van der Waals surface area contributed by atoms with Gasteiger partial charge in [-0.2, -0.15) is 4.98 Å². The van der Waals surface area contributed by atoms with Crippen molar-refractivity contribution in [2.45, 2.75) is 13.3 Å². The van der Waals surface area contributed by atoms with Crippen molar-refractivity contribution in [2.24, 2.45) is 0 Å². The summed E-state index contributed by atoms with van der Waals surface area (Å²) in [4.78, 5) is 8.50. The lowest BCUT2D eigenvalue weighted by atomic mass is 10.3. The smallest absolute Gasteiger partial charge is 0.228 e. The first kappa shape index (κ1) is 12.2. The highest BCUT2D eigenvalue weighted by atomic mass is 79.9. The van der Waals surface area contributed by atoms with Crippen LogP contribution in [0.1, 0.15) is 12.8 Å². The molecule has 5 nitrogen and oxygen atoms in total. The Balaban J connectivity index is 2.04. The Kier molecular flexibility index (Phi) is 4.22. The highest BCUT2D eigenvalue weighted by Gasteiger charge is 2.08. The van der Waals surface area contributed by atoms with Crippen molar-refractivity contribution in [1.29, 1.82) is 0 Å². The largest absolute Gasteiger partial charge is 0.339 e. The Morgan fingerprint density at radius 3 is 3.00 bits per heavy atom. The molecule has 0 aliphatic rings. The molecule has 0 amide bonds. The summed E-state index contributed by atoms with van der Waals surface area (Å²) >= 11 is 3.33. The van der Waals surface area contributed by atoms with Crippen molar-refractivity contribution < 1.29 is 4.52 Å². The lowest BCUT2D eigenvalue weighted by molar-refractivity contribution is 0.376. The second-order valence-corrected chi connectivity index (χ2v) is 4.39. The number of rotatable bonds is 5. The van der Waals surface area contributed by atoms with Crippen LogP contribution in [0.25, 0.3) is 11.5 Å². The minimum Gasteiger partial charge on any atom is -0.339 e. The second-order valence-electron chi connectivity index (χ2n) is 3.48. The molecule has 17 heavy (non-hydrogen) atoms. The van der Waals surface area contributed by atoms with Gasteiger partial charge in [0.1, 0.15) is 5.69 Å². The Morgan fingerprint density at radius 1 is 1.41 bits per heavy atom. The van der Waals surface area contributed by atoms with Crippen LogP contribution in [0, 0.1) is 0 Å². The summed E-state index contributed by atoms with van der Waals surface area (Å²) in [7, 11) is 0. The number of hydrogen-bond donors (Lipinski definition) is 1. The van der Waals surface area contributed by atoms with Crippen molar-refractivity contribution in [3.05, 3.63) is 28.7 Å². The number of pyridine rings is 1. The van der Waals surface area contributed by atoms with Gasteiger partial charge in [-0.3, -0.25) is 4.98 Å². The summed E-state index contributed by atoms with van der Waals surface area (Å²) in [5.41, 5.74) is 0.714. The van der Waals surface area contributed by atoms with E-state index >= 15 is 0 Å². The zero-order chi connectivity index (χ0) is 12.1. The fourth-order valence-corrected chi connectivity index (χ4v) is 1.58. The number of likely N-dealkylation sites (N-methyl/N-ethyl adjacent to an activating group) is 1. The van der Waals surface area contributed by atoms with Gasteiger partial charge in [0.15, 0.2) is 0 Å². The SMILES string of the molecule is CCNCCc1nc(-c2ccc(Br)cn2)no1. The lowest BCUT2D eigenvalue weighted by Crippen LogP contribution is -2.16. The fourth-order valence-electron chi connectivity index (χ4n) is 1.34. The maximum Gasteiger partial charge on any atom is 0.228 e. The van der Waals surface area contributed by atoms with Crippen molar-refractivity contribution in [2.75, 3.05) is 13.1 Å². The number of halogens is 1. The second kappa shape index (κ2) is 5.88. The predicted molar refractivity (Wildman–Crippen MR) is 67.5 cm³/mol. The average Bonchev–Trinajstić information content (AvgIpc) is 2.79. The molecule has 0 unspecified atom stereocenters. The fraction of sp³-hybridized carbons (Fsp3) is 0.364. The molecule has 0 spiro atoms. The predicted octanol–water partition coefficient (Wildman–Crippen LogP) is 2.05. The summed E-state index contributed by atoms with van der Waals surface area (Å²) in [5.74, 6) is 1.16. The molecule has 0 fully saturated rings. The van der Waals surface area contributed by atoms with Gasteiger partial charge in [0, 0.05) is 23.6 Å². The maximum absolute atomic E-state index is 5.14. The number of nitrogens with zero attached hydrogens (tertiary/aromatic N) is 3. The molecule has 6 heteroatoms. The minimum absolute atomic E-state index is 0.531. The van der Waals surface area contributed by atoms with Crippen molar-refractivity contribution in [1.82, 2.24) is 20.4 Å². The average molecular weight is 297 g/mol. The van der Waals surface area contributed by atoms with E-state index in [0.29, 0.717) is 17.4 Å². The Labute approximate surface area is 108 Å². The monoisotopic (exact) mass is 296 g/mol. The minimum atomic E-state index is 0.531. The third kappa shape index (κ3) is 3.34. The number of nitrogens with one attached hydrogen (secondary N) is 1. The number of aromatic nitrogens is 3. The van der Waals surface area contributed by atoms with Crippen molar-refractivity contribution >= 4 is 15.9 Å². The summed E-state index contributed by atoms with van der Waals surface area (Å²) in [6.07, 6.45) is 2.45. The quantitative estimate of drug-likeness (QED) is 0.856. The first-order valence-corrected chi connectivity index (χ1v) is 6.24. The van der Waals surface area contributed by atoms with E-state index in [1.807, 2.05) is 12.1 Å². The van der Waals surface area contributed by atoms with Crippen molar-refractivity contribution in [3.63, 3.8) is 0 Å². The van der Waals surface area contributed by atoms with Crippen LogP contribution in [0.4, 0.5) is 0 Å². The molecule has 0 aliphatic heterocycles. The molecule has 2 rings (SSSR count). The topological polar surface area (TPSA) is 63.8 Å². The van der Waals surface area contributed by atoms with E-state index in [1.165, 1.54) is 0 Å². The van der Waals surface area contributed by atoms with Crippen LogP contribution in [-0.4, -0.2) is 28.2 Å². The van der Waals surface area contributed by atoms with E-state index in [2.05, 4.69) is 43.3 Å². The molecule has 0 saturated heterocycles. The molecular formula is C11H13BrN4O. The van der Waals surface area contributed by atoms with Gasteiger partial charge in [-0.05, 0) is 34.6 Å². The van der Waals surface area contributed by atoms with Gasteiger partial charge in [0.05, 0.1) is 0 Å². The van der Waals surface area contributed by atoms with E-state index in [4.69, 9.17) is 4.52 Å². The lowest BCUT2D eigenvalue weighted by Gasteiger charge is -1.95. The summed E-state index contributed by atoms with van der Waals surface area (Å²) in [6.45, 7) is 3.84. The van der Waals surface area contributed by atoms with Crippen LogP contribution in [0.2, 0.25) is 0 Å². The molecule has 0 aromatic carbocycles. The Morgan fingerprint density at radius 2 is 2.29 bits per heavy atom. The van der Waals surface area contributed by atoms with Gasteiger partial charge in [-0.15, -0.1) is 0 Å². The standard InChI is InChI=1S/C11H13BrN4O/c1-2-13-6-5-10-15-11(16-17-10)9-4-3-8(12)7-14-9/h3-4,7,13H,2,5-6H2,1H3. The van der Waals surface area contributed by atoms with Crippen molar-refractivity contribution in [3.8, 4) is 11.5 Å². The van der Waals surface area contributed by atoms with Gasteiger partial charge in [0.2, 0.25) is 11.7 Å². The van der Waals surface area contributed by atoms with E-state index in [1.54, 1.807) is 6.20 Å². The molecule has 1 N–H and O–H groups in total. The van der Waals surface area contributed by atoms with E-state index in [-0.39, 0.29) is 0 Å². The molecule has 2 aromatic rings.